The van der Waals surface area contributed by atoms with Gasteiger partial charge in [0.1, 0.15) is 6.23 Å². The third-order valence-electron chi connectivity index (χ3n) is 6.23. The summed E-state index contributed by atoms with van der Waals surface area (Å²) >= 11 is 0. The molecule has 5 rings (SSSR count). The Morgan fingerprint density at radius 1 is 1.17 bits per heavy atom. The standard InChI is InChI=1S/C24H29N5O/c1-17-21(19-14-27-29(16-19)23-9-2-3-13-30-23)11-10-20(28-17)15-26-22-8-4-6-18-7-5-12-25-24(18)22/h5,7,10-12,14,16,22-23,26H,2-4,6,8-9,13,15H2,1H3. The molecule has 1 saturated heterocycles. The van der Waals surface area contributed by atoms with Crippen molar-refractivity contribution < 1.29 is 4.74 Å². The van der Waals surface area contributed by atoms with Gasteiger partial charge in [0.05, 0.1) is 23.6 Å². The van der Waals surface area contributed by atoms with Gasteiger partial charge in [0.15, 0.2) is 0 Å². The molecule has 2 unspecified atom stereocenters. The summed E-state index contributed by atoms with van der Waals surface area (Å²) in [6, 6.07) is 8.83. The first-order valence-electron chi connectivity index (χ1n) is 11.1. The van der Waals surface area contributed by atoms with Gasteiger partial charge in [0.25, 0.3) is 0 Å². The Balaban J connectivity index is 1.27. The molecule has 1 aliphatic carbocycles. The first-order valence-corrected chi connectivity index (χ1v) is 11.1. The zero-order valence-corrected chi connectivity index (χ0v) is 17.6. The molecule has 0 aromatic carbocycles. The first-order chi connectivity index (χ1) is 14.8. The van der Waals surface area contributed by atoms with Gasteiger partial charge in [-0.2, -0.15) is 5.10 Å². The molecule has 6 nitrogen and oxygen atoms in total. The zero-order chi connectivity index (χ0) is 20.3. The van der Waals surface area contributed by atoms with E-state index in [9.17, 15) is 0 Å². The lowest BCUT2D eigenvalue weighted by molar-refractivity contribution is -0.0394. The number of nitrogens with one attached hydrogen (secondary N) is 1. The summed E-state index contributed by atoms with van der Waals surface area (Å²) in [5.74, 6) is 0. The third-order valence-corrected chi connectivity index (χ3v) is 6.23. The minimum Gasteiger partial charge on any atom is -0.357 e. The van der Waals surface area contributed by atoms with Gasteiger partial charge in [-0.05, 0) is 63.1 Å². The smallest absolute Gasteiger partial charge is 0.150 e. The highest BCUT2D eigenvalue weighted by Crippen LogP contribution is 2.29. The highest BCUT2D eigenvalue weighted by molar-refractivity contribution is 5.64. The van der Waals surface area contributed by atoms with Crippen LogP contribution in [0.25, 0.3) is 11.1 Å². The monoisotopic (exact) mass is 403 g/mol. The fourth-order valence-corrected chi connectivity index (χ4v) is 4.62. The zero-order valence-electron chi connectivity index (χ0n) is 17.6. The number of hydrogen-bond acceptors (Lipinski definition) is 5. The third kappa shape index (κ3) is 4.02. The van der Waals surface area contributed by atoms with Gasteiger partial charge in [0.2, 0.25) is 0 Å². The van der Waals surface area contributed by atoms with Crippen molar-refractivity contribution in [1.82, 2.24) is 25.1 Å². The van der Waals surface area contributed by atoms with Gasteiger partial charge in [-0.1, -0.05) is 12.1 Å². The topological polar surface area (TPSA) is 64.9 Å². The Morgan fingerprint density at radius 3 is 3.00 bits per heavy atom. The van der Waals surface area contributed by atoms with Crippen molar-refractivity contribution in [3.63, 3.8) is 0 Å². The molecular formula is C24H29N5O. The SMILES string of the molecule is Cc1nc(CNC2CCCc3cccnc32)ccc1-c1cnn(C2CCCCO2)c1. The van der Waals surface area contributed by atoms with Crippen LogP contribution in [0.1, 0.15) is 67.0 Å². The van der Waals surface area contributed by atoms with Gasteiger partial charge < -0.3 is 10.1 Å². The number of aromatic nitrogens is 4. The largest absolute Gasteiger partial charge is 0.357 e. The van der Waals surface area contributed by atoms with Crippen LogP contribution in [0, 0.1) is 6.92 Å². The van der Waals surface area contributed by atoms with Gasteiger partial charge >= 0.3 is 0 Å². The average molecular weight is 404 g/mol. The van der Waals surface area contributed by atoms with Crippen molar-refractivity contribution in [2.24, 2.45) is 0 Å². The van der Waals surface area contributed by atoms with Crippen LogP contribution in [0.2, 0.25) is 0 Å². The summed E-state index contributed by atoms with van der Waals surface area (Å²) in [5.41, 5.74) is 6.89. The number of hydrogen-bond donors (Lipinski definition) is 1. The molecular weight excluding hydrogens is 374 g/mol. The quantitative estimate of drug-likeness (QED) is 0.679. The Kier molecular flexibility index (Phi) is 5.60. The molecule has 0 radical (unpaired) electrons. The number of aryl methyl sites for hydroxylation is 2. The molecule has 6 heteroatoms. The summed E-state index contributed by atoms with van der Waals surface area (Å²) in [7, 11) is 0. The molecule has 1 fully saturated rings. The summed E-state index contributed by atoms with van der Waals surface area (Å²) in [4.78, 5) is 9.48. The second-order valence-corrected chi connectivity index (χ2v) is 8.34. The van der Waals surface area contributed by atoms with Crippen molar-refractivity contribution in [2.45, 2.75) is 64.3 Å². The highest BCUT2D eigenvalue weighted by Gasteiger charge is 2.21. The Hall–Kier alpha value is -2.57. The highest BCUT2D eigenvalue weighted by atomic mass is 16.5. The van der Waals surface area contributed by atoms with Gasteiger partial charge in [0, 0.05) is 42.4 Å². The second-order valence-electron chi connectivity index (χ2n) is 8.34. The molecule has 1 aliphatic heterocycles. The lowest BCUT2D eigenvalue weighted by atomic mass is 9.92. The number of rotatable bonds is 5. The van der Waals surface area contributed by atoms with Crippen molar-refractivity contribution in [3.05, 3.63) is 65.5 Å². The van der Waals surface area contributed by atoms with E-state index in [2.05, 4.69) is 46.7 Å². The van der Waals surface area contributed by atoms with Crippen molar-refractivity contribution in [3.8, 4) is 11.1 Å². The van der Waals surface area contributed by atoms with E-state index in [1.807, 2.05) is 23.1 Å². The number of pyridine rings is 2. The maximum atomic E-state index is 5.85. The average Bonchev–Trinajstić information content (AvgIpc) is 3.28. The number of fused-ring (bicyclic) bond motifs is 1. The fourth-order valence-electron chi connectivity index (χ4n) is 4.62. The van der Waals surface area contributed by atoms with Crippen LogP contribution < -0.4 is 5.32 Å². The van der Waals surface area contributed by atoms with Crippen LogP contribution >= 0.6 is 0 Å². The molecule has 0 saturated carbocycles. The summed E-state index contributed by atoms with van der Waals surface area (Å²) in [6.07, 6.45) is 12.8. The Morgan fingerprint density at radius 2 is 2.13 bits per heavy atom. The molecule has 0 spiro atoms. The molecule has 3 aromatic heterocycles. The molecule has 2 atom stereocenters. The molecule has 0 bridgehead atoms. The molecule has 30 heavy (non-hydrogen) atoms. The van der Waals surface area contributed by atoms with Gasteiger partial charge in [-0.15, -0.1) is 0 Å². The van der Waals surface area contributed by atoms with Crippen LogP contribution in [-0.4, -0.2) is 26.4 Å². The van der Waals surface area contributed by atoms with Crippen LogP contribution in [0.4, 0.5) is 0 Å². The summed E-state index contributed by atoms with van der Waals surface area (Å²) in [5, 5.41) is 8.21. The molecule has 2 aliphatic rings. The van der Waals surface area contributed by atoms with Crippen LogP contribution in [0.3, 0.4) is 0 Å². The number of nitrogens with zero attached hydrogens (tertiary/aromatic N) is 4. The van der Waals surface area contributed by atoms with E-state index in [1.54, 1.807) is 0 Å². The Bertz CT molecular complexity index is 1010. The van der Waals surface area contributed by atoms with E-state index in [0.717, 1.165) is 61.3 Å². The minimum absolute atomic E-state index is 0.0659. The van der Waals surface area contributed by atoms with Crippen molar-refractivity contribution in [1.29, 1.82) is 0 Å². The van der Waals surface area contributed by atoms with Gasteiger partial charge in [-0.3, -0.25) is 9.97 Å². The molecule has 1 N–H and O–H groups in total. The minimum atomic E-state index is 0.0659. The maximum absolute atomic E-state index is 5.85. The first kappa shape index (κ1) is 19.4. The lowest BCUT2D eigenvalue weighted by Gasteiger charge is -2.25. The van der Waals surface area contributed by atoms with E-state index < -0.39 is 0 Å². The predicted octanol–water partition coefficient (Wildman–Crippen LogP) is 4.51. The second kappa shape index (κ2) is 8.66. The number of ether oxygens (including phenoxy) is 1. The lowest BCUT2D eigenvalue weighted by Crippen LogP contribution is -2.26. The molecule has 156 valence electrons. The van der Waals surface area contributed by atoms with E-state index in [1.165, 1.54) is 24.1 Å². The van der Waals surface area contributed by atoms with Crippen molar-refractivity contribution in [2.75, 3.05) is 6.61 Å². The van der Waals surface area contributed by atoms with Crippen LogP contribution in [-0.2, 0) is 17.7 Å². The van der Waals surface area contributed by atoms with Gasteiger partial charge in [-0.25, -0.2) is 4.68 Å². The van der Waals surface area contributed by atoms with Crippen molar-refractivity contribution >= 4 is 0 Å². The van der Waals surface area contributed by atoms with Crippen LogP contribution in [0.15, 0.2) is 42.9 Å². The van der Waals surface area contributed by atoms with Crippen LogP contribution in [0.5, 0.6) is 0 Å². The molecule has 3 aromatic rings. The summed E-state index contributed by atoms with van der Waals surface area (Å²) in [6.45, 7) is 3.64. The normalized spacial score (nSPS) is 21.4. The maximum Gasteiger partial charge on any atom is 0.150 e. The van der Waals surface area contributed by atoms with E-state index in [4.69, 9.17) is 9.72 Å². The fraction of sp³-hybridized carbons (Fsp3) is 0.458. The predicted molar refractivity (Wildman–Crippen MR) is 116 cm³/mol. The van der Waals surface area contributed by atoms with E-state index in [0.29, 0.717) is 6.04 Å². The van der Waals surface area contributed by atoms with E-state index in [-0.39, 0.29) is 6.23 Å². The summed E-state index contributed by atoms with van der Waals surface area (Å²) < 4.78 is 7.80. The molecule has 0 amide bonds. The molecule has 4 heterocycles. The van der Waals surface area contributed by atoms with E-state index >= 15 is 0 Å². The Labute approximate surface area is 177 Å².